The molecule has 0 bridgehead atoms. The number of hydrogen-bond donors (Lipinski definition) is 3. The van der Waals surface area contributed by atoms with Crippen molar-refractivity contribution in [1.82, 2.24) is 15.1 Å². The zero-order chi connectivity index (χ0) is 20.9. The lowest BCUT2D eigenvalue weighted by Gasteiger charge is -2.45. The Hall–Kier alpha value is -1.29. The van der Waals surface area contributed by atoms with E-state index in [2.05, 4.69) is 17.3 Å². The van der Waals surface area contributed by atoms with Crippen molar-refractivity contribution in [2.75, 3.05) is 26.7 Å². The van der Waals surface area contributed by atoms with E-state index < -0.39 is 18.2 Å². The van der Waals surface area contributed by atoms with E-state index in [-0.39, 0.29) is 23.8 Å². The molecule has 0 spiro atoms. The molecule has 162 valence electrons. The Morgan fingerprint density at radius 1 is 1.34 bits per heavy atom. The summed E-state index contributed by atoms with van der Waals surface area (Å²) in [6.45, 7) is 6.76. The minimum Gasteiger partial charge on any atom is -0.449 e. The van der Waals surface area contributed by atoms with E-state index in [0.29, 0.717) is 17.2 Å². The number of carbonyl (C=O) groups is 2. The van der Waals surface area contributed by atoms with Gasteiger partial charge < -0.3 is 25.2 Å². The van der Waals surface area contributed by atoms with Crippen LogP contribution in [0.15, 0.2) is 10.8 Å². The first-order valence-electron chi connectivity index (χ1n) is 10.5. The molecule has 0 aromatic rings. The van der Waals surface area contributed by atoms with Crippen LogP contribution < -0.4 is 5.32 Å². The van der Waals surface area contributed by atoms with Gasteiger partial charge >= 0.3 is 6.16 Å². The number of carboxylic acid groups (broad SMARTS) is 1. The molecular formula is C20H31N3O5S. The van der Waals surface area contributed by atoms with Crippen molar-refractivity contribution in [1.29, 1.82) is 0 Å². The molecule has 6 atom stereocenters. The summed E-state index contributed by atoms with van der Waals surface area (Å²) < 4.78 is 5.06. The summed E-state index contributed by atoms with van der Waals surface area (Å²) in [7, 11) is 2.17. The maximum atomic E-state index is 12.5. The second kappa shape index (κ2) is 8.09. The predicted octanol–water partition coefficient (Wildman–Crippen LogP) is 1.51. The largest absolute Gasteiger partial charge is 0.512 e. The minimum atomic E-state index is -1.41. The summed E-state index contributed by atoms with van der Waals surface area (Å²) in [5, 5.41) is 23.2. The van der Waals surface area contributed by atoms with Crippen LogP contribution in [0.1, 0.15) is 33.1 Å². The van der Waals surface area contributed by atoms with Crippen molar-refractivity contribution in [3.8, 4) is 0 Å². The Kier molecular flexibility index (Phi) is 5.85. The number of β-lactam (4-membered cyclic amide) rings is 1. The van der Waals surface area contributed by atoms with Gasteiger partial charge in [-0.1, -0.05) is 6.92 Å². The van der Waals surface area contributed by atoms with Crippen molar-refractivity contribution in [2.45, 2.75) is 56.5 Å². The number of amides is 1. The molecule has 4 heterocycles. The number of carbonyl (C=O) groups excluding carboxylic acids is 1. The van der Waals surface area contributed by atoms with Crippen molar-refractivity contribution in [3.05, 3.63) is 10.8 Å². The normalized spacial score (nSPS) is 36.9. The molecule has 0 radical (unpaired) electrons. The van der Waals surface area contributed by atoms with Gasteiger partial charge in [0.05, 0.1) is 23.0 Å². The SMILES string of the molecule is C[C@@H](O)[C@H]1C(=O)N2C(OC(=O)O)=C(S[C@@H]3CN[C@H](C4CCN(C)CC4)C3)[C@H](C)[C@H]12. The van der Waals surface area contributed by atoms with E-state index in [0.717, 1.165) is 31.0 Å². The van der Waals surface area contributed by atoms with Crippen LogP contribution in [-0.4, -0.2) is 82.2 Å². The number of thioether (sulfide) groups is 1. The van der Waals surface area contributed by atoms with Crippen LogP contribution in [0.3, 0.4) is 0 Å². The fraction of sp³-hybridized carbons (Fsp3) is 0.800. The van der Waals surface area contributed by atoms with Gasteiger partial charge in [0.25, 0.3) is 0 Å². The van der Waals surface area contributed by atoms with Gasteiger partial charge in [-0.15, -0.1) is 11.8 Å². The number of fused-ring (bicyclic) bond motifs is 1. The first-order chi connectivity index (χ1) is 13.8. The number of ether oxygens (including phenoxy) is 1. The summed E-state index contributed by atoms with van der Waals surface area (Å²) in [6.07, 6.45) is 1.28. The molecule has 1 amide bonds. The monoisotopic (exact) mass is 425 g/mol. The average molecular weight is 426 g/mol. The van der Waals surface area contributed by atoms with Crippen molar-refractivity contribution < 1.29 is 24.5 Å². The molecule has 3 saturated heterocycles. The predicted molar refractivity (Wildman–Crippen MR) is 109 cm³/mol. The van der Waals surface area contributed by atoms with Gasteiger partial charge in [-0.05, 0) is 52.2 Å². The van der Waals surface area contributed by atoms with E-state index >= 15 is 0 Å². The second-order valence-corrected chi connectivity index (χ2v) is 10.3. The van der Waals surface area contributed by atoms with Gasteiger partial charge in [-0.2, -0.15) is 0 Å². The molecule has 9 heteroatoms. The molecule has 3 fully saturated rings. The summed E-state index contributed by atoms with van der Waals surface area (Å²) in [4.78, 5) is 28.4. The molecule has 4 aliphatic heterocycles. The molecule has 0 aromatic carbocycles. The van der Waals surface area contributed by atoms with Gasteiger partial charge in [-0.25, -0.2) is 4.79 Å². The number of nitrogens with one attached hydrogen (secondary N) is 1. The standard InChI is InChI=1S/C20H31N3O5S/c1-10-16-15(11(2)24)18(25)23(16)19(28-20(26)27)17(10)29-13-8-14(21-9-13)12-4-6-22(3)7-5-12/h10-16,21,24H,4-9H2,1-3H3,(H,26,27)/t10-,11-,13+,14+,15-,16-/m1/s1. The van der Waals surface area contributed by atoms with Crippen LogP contribution in [0.5, 0.6) is 0 Å². The molecule has 4 rings (SSSR count). The van der Waals surface area contributed by atoms with Gasteiger partial charge in [0, 0.05) is 23.8 Å². The Morgan fingerprint density at radius 2 is 2.03 bits per heavy atom. The molecule has 0 unspecified atom stereocenters. The van der Waals surface area contributed by atoms with Crippen molar-refractivity contribution in [3.63, 3.8) is 0 Å². The summed E-state index contributed by atoms with van der Waals surface area (Å²) in [6, 6.07) is 0.268. The second-order valence-electron chi connectivity index (χ2n) is 8.92. The molecule has 29 heavy (non-hydrogen) atoms. The third-order valence-electron chi connectivity index (χ3n) is 7.00. The van der Waals surface area contributed by atoms with Gasteiger partial charge in [0.2, 0.25) is 11.8 Å². The Labute approximate surface area is 175 Å². The average Bonchev–Trinajstić information content (AvgIpc) is 3.19. The van der Waals surface area contributed by atoms with E-state index in [1.54, 1.807) is 18.7 Å². The smallest absolute Gasteiger partial charge is 0.449 e. The first kappa shape index (κ1) is 21.0. The van der Waals surface area contributed by atoms with E-state index in [1.807, 2.05) is 6.92 Å². The number of aliphatic hydroxyl groups excluding tert-OH is 1. The van der Waals surface area contributed by atoms with Gasteiger partial charge in [-0.3, -0.25) is 9.69 Å². The highest BCUT2D eigenvalue weighted by atomic mass is 32.2. The number of likely N-dealkylation sites (tertiary alicyclic amines) is 1. The summed E-state index contributed by atoms with van der Waals surface area (Å²) >= 11 is 1.65. The van der Waals surface area contributed by atoms with Crippen molar-refractivity contribution >= 4 is 23.8 Å². The van der Waals surface area contributed by atoms with E-state index in [4.69, 9.17) is 4.74 Å². The molecule has 4 aliphatic rings. The van der Waals surface area contributed by atoms with Crippen LogP contribution in [0, 0.1) is 17.8 Å². The number of hydrogen-bond acceptors (Lipinski definition) is 7. The number of piperidine rings is 1. The van der Waals surface area contributed by atoms with E-state index in [1.165, 1.54) is 17.7 Å². The highest BCUT2D eigenvalue weighted by molar-refractivity contribution is 8.03. The zero-order valence-corrected chi connectivity index (χ0v) is 18.0. The molecular weight excluding hydrogens is 394 g/mol. The maximum absolute atomic E-state index is 12.5. The number of rotatable bonds is 5. The third kappa shape index (κ3) is 3.78. The highest BCUT2D eigenvalue weighted by Gasteiger charge is 2.60. The Balaban J connectivity index is 1.46. The fourth-order valence-corrected chi connectivity index (χ4v) is 6.83. The highest BCUT2D eigenvalue weighted by Crippen LogP contribution is 2.52. The lowest BCUT2D eigenvalue weighted by molar-refractivity contribution is -0.163. The lowest BCUT2D eigenvalue weighted by Crippen LogP contribution is -2.63. The van der Waals surface area contributed by atoms with Gasteiger partial charge in [0.1, 0.15) is 0 Å². The Bertz CT molecular complexity index is 706. The molecule has 3 N–H and O–H groups in total. The van der Waals surface area contributed by atoms with Crippen molar-refractivity contribution in [2.24, 2.45) is 17.8 Å². The van der Waals surface area contributed by atoms with Crippen LogP contribution in [-0.2, 0) is 9.53 Å². The maximum Gasteiger partial charge on any atom is 0.512 e. The molecule has 8 nitrogen and oxygen atoms in total. The molecule has 0 saturated carbocycles. The van der Waals surface area contributed by atoms with Gasteiger partial charge in [0.15, 0.2) is 0 Å². The third-order valence-corrected chi connectivity index (χ3v) is 8.49. The van der Waals surface area contributed by atoms with Crippen LogP contribution in [0.4, 0.5) is 4.79 Å². The van der Waals surface area contributed by atoms with Crippen LogP contribution in [0.2, 0.25) is 0 Å². The van der Waals surface area contributed by atoms with E-state index in [9.17, 15) is 19.8 Å². The number of nitrogens with zero attached hydrogens (tertiary/aromatic N) is 2. The Morgan fingerprint density at radius 3 is 2.66 bits per heavy atom. The zero-order valence-electron chi connectivity index (χ0n) is 17.2. The van der Waals surface area contributed by atoms with Crippen LogP contribution >= 0.6 is 11.8 Å². The minimum absolute atomic E-state index is 0.0472. The van der Waals surface area contributed by atoms with Crippen LogP contribution in [0.25, 0.3) is 0 Å². The molecule has 0 aliphatic carbocycles. The molecule has 0 aromatic heterocycles. The lowest BCUT2D eigenvalue weighted by atomic mass is 9.79. The first-order valence-corrected chi connectivity index (χ1v) is 11.4. The summed E-state index contributed by atoms with van der Waals surface area (Å²) in [5.41, 5.74) is 0. The number of aliphatic hydroxyl groups is 1. The quantitative estimate of drug-likeness (QED) is 0.450. The topological polar surface area (TPSA) is 102 Å². The fourth-order valence-electron chi connectivity index (χ4n) is 5.39. The summed E-state index contributed by atoms with van der Waals surface area (Å²) in [5.74, 6) is 0.0444.